The van der Waals surface area contributed by atoms with Crippen LogP contribution in [0.5, 0.6) is 0 Å². The van der Waals surface area contributed by atoms with Gasteiger partial charge in [0.25, 0.3) is 0 Å². The third kappa shape index (κ3) is 4.05. The average molecular weight is 259 g/mol. The monoisotopic (exact) mass is 259 g/mol. The first kappa shape index (κ1) is 15.1. The van der Waals surface area contributed by atoms with Crippen molar-refractivity contribution in [3.8, 4) is 0 Å². The number of halogens is 2. The Kier molecular flexibility index (Phi) is 5.72. The molecule has 1 aromatic rings. The molecule has 0 aliphatic heterocycles. The van der Waals surface area contributed by atoms with Gasteiger partial charge in [0.05, 0.1) is 6.54 Å². The van der Waals surface area contributed by atoms with Gasteiger partial charge in [-0.05, 0) is 24.3 Å². The lowest BCUT2D eigenvalue weighted by atomic mass is 9.85. The van der Waals surface area contributed by atoms with E-state index in [-0.39, 0.29) is 0 Å². The van der Waals surface area contributed by atoms with E-state index in [1.54, 1.807) is 0 Å². The predicted octanol–water partition coefficient (Wildman–Crippen LogP) is 3.30. The van der Waals surface area contributed by atoms with Crippen molar-refractivity contribution in [1.29, 1.82) is 0 Å². The van der Waals surface area contributed by atoms with E-state index in [1.165, 1.54) is 12.4 Å². The molecule has 1 rings (SSSR count). The highest BCUT2D eigenvalue weighted by molar-refractivity contribution is 4.92. The number of rotatable bonds is 7. The summed E-state index contributed by atoms with van der Waals surface area (Å²) in [5.74, 6) is 2.08. The van der Waals surface area contributed by atoms with Crippen LogP contribution < -0.4 is 5.32 Å². The largest absolute Gasteiger partial charge is 0.319 e. The number of hydrogen-bond acceptors (Lipinski definition) is 2. The second-order valence-electron chi connectivity index (χ2n) is 5.31. The minimum atomic E-state index is -2.52. The Morgan fingerprint density at radius 3 is 2.33 bits per heavy atom. The molecular formula is C13H23F2N3. The molecule has 0 saturated heterocycles. The fourth-order valence-corrected chi connectivity index (χ4v) is 2.25. The molecule has 0 amide bonds. The molecule has 0 radical (unpaired) electrons. The third-order valence-corrected chi connectivity index (χ3v) is 3.33. The van der Waals surface area contributed by atoms with Gasteiger partial charge in [-0.1, -0.05) is 27.7 Å². The summed E-state index contributed by atoms with van der Waals surface area (Å²) in [7, 11) is 0. The summed E-state index contributed by atoms with van der Waals surface area (Å²) in [5, 5.41) is 3.23. The highest BCUT2D eigenvalue weighted by Crippen LogP contribution is 2.19. The first-order chi connectivity index (χ1) is 8.43. The molecular weight excluding hydrogens is 236 g/mol. The first-order valence-corrected chi connectivity index (χ1v) is 6.44. The normalized spacial score (nSPS) is 12.3. The summed E-state index contributed by atoms with van der Waals surface area (Å²) in [6.07, 6.45) is 2.72. The molecule has 3 nitrogen and oxygen atoms in total. The molecule has 0 bridgehead atoms. The second-order valence-corrected chi connectivity index (χ2v) is 5.31. The smallest absolute Gasteiger partial charge is 0.310 e. The van der Waals surface area contributed by atoms with Crippen LogP contribution in [0.15, 0.2) is 12.4 Å². The molecule has 0 fully saturated rings. The van der Waals surface area contributed by atoms with Gasteiger partial charge in [-0.3, -0.25) is 4.57 Å². The number of hydrogen-bond donors (Lipinski definition) is 1. The van der Waals surface area contributed by atoms with E-state index >= 15 is 0 Å². The molecule has 0 aliphatic rings. The SMILES string of the molecule is CC(C)C(CNCc1nccn1C(F)F)C(C)C. The van der Waals surface area contributed by atoms with Gasteiger partial charge < -0.3 is 5.32 Å². The van der Waals surface area contributed by atoms with E-state index in [4.69, 9.17) is 0 Å². The average Bonchev–Trinajstić information content (AvgIpc) is 2.71. The number of nitrogens with zero attached hydrogens (tertiary/aromatic N) is 2. The fraction of sp³-hybridized carbons (Fsp3) is 0.769. The van der Waals surface area contributed by atoms with Crippen LogP contribution in [0.4, 0.5) is 8.78 Å². The summed E-state index contributed by atoms with van der Waals surface area (Å²) in [4.78, 5) is 3.94. The molecule has 0 unspecified atom stereocenters. The molecule has 1 heterocycles. The van der Waals surface area contributed by atoms with Crippen LogP contribution in [-0.4, -0.2) is 16.1 Å². The van der Waals surface area contributed by atoms with Crippen molar-refractivity contribution in [2.75, 3.05) is 6.54 Å². The lowest BCUT2D eigenvalue weighted by Crippen LogP contribution is -2.30. The maximum Gasteiger partial charge on any atom is 0.319 e. The van der Waals surface area contributed by atoms with Crippen LogP contribution in [0.25, 0.3) is 0 Å². The Morgan fingerprint density at radius 2 is 1.83 bits per heavy atom. The minimum absolute atomic E-state index is 0.382. The van der Waals surface area contributed by atoms with Crippen molar-refractivity contribution >= 4 is 0 Å². The van der Waals surface area contributed by atoms with Crippen LogP contribution in [0.2, 0.25) is 0 Å². The topological polar surface area (TPSA) is 29.9 Å². The van der Waals surface area contributed by atoms with Gasteiger partial charge in [-0.25, -0.2) is 4.98 Å². The second kappa shape index (κ2) is 6.83. The first-order valence-electron chi connectivity index (χ1n) is 6.44. The Bertz CT molecular complexity index is 340. The highest BCUT2D eigenvalue weighted by atomic mass is 19.3. The summed E-state index contributed by atoms with van der Waals surface area (Å²) >= 11 is 0. The molecule has 104 valence electrons. The van der Waals surface area contributed by atoms with Crippen LogP contribution >= 0.6 is 0 Å². The van der Waals surface area contributed by atoms with Crippen LogP contribution in [0, 0.1) is 17.8 Å². The van der Waals surface area contributed by atoms with Crippen molar-refractivity contribution in [1.82, 2.24) is 14.9 Å². The lowest BCUT2D eigenvalue weighted by molar-refractivity contribution is 0.0665. The van der Waals surface area contributed by atoms with E-state index in [0.717, 1.165) is 11.1 Å². The van der Waals surface area contributed by atoms with Gasteiger partial charge in [-0.2, -0.15) is 8.78 Å². The maximum absolute atomic E-state index is 12.6. The van der Waals surface area contributed by atoms with Crippen molar-refractivity contribution in [2.45, 2.75) is 40.8 Å². The quantitative estimate of drug-likeness (QED) is 0.814. The van der Waals surface area contributed by atoms with E-state index in [0.29, 0.717) is 30.1 Å². The fourth-order valence-electron chi connectivity index (χ4n) is 2.25. The number of nitrogens with one attached hydrogen (secondary N) is 1. The Hall–Kier alpha value is -0.970. The molecule has 0 aromatic carbocycles. The van der Waals surface area contributed by atoms with Crippen molar-refractivity contribution in [2.24, 2.45) is 17.8 Å². The lowest BCUT2D eigenvalue weighted by Gasteiger charge is -2.25. The molecule has 0 spiro atoms. The Balaban J connectivity index is 2.48. The van der Waals surface area contributed by atoms with Crippen LogP contribution in [0.1, 0.15) is 40.1 Å². The molecule has 18 heavy (non-hydrogen) atoms. The highest BCUT2D eigenvalue weighted by Gasteiger charge is 2.17. The number of imidazole rings is 1. The van der Waals surface area contributed by atoms with Crippen LogP contribution in [0.3, 0.4) is 0 Å². The van der Waals surface area contributed by atoms with Gasteiger partial charge in [0.2, 0.25) is 0 Å². The standard InChI is InChI=1S/C13H23F2N3/c1-9(2)11(10(3)4)7-16-8-12-17-5-6-18(12)13(14)15/h5-6,9-11,13,16H,7-8H2,1-4H3. The summed E-state index contributed by atoms with van der Waals surface area (Å²) in [5.41, 5.74) is 0. The Morgan fingerprint density at radius 1 is 1.22 bits per heavy atom. The van der Waals surface area contributed by atoms with E-state index in [1.807, 2.05) is 0 Å². The molecule has 1 N–H and O–H groups in total. The molecule has 0 atom stereocenters. The zero-order valence-electron chi connectivity index (χ0n) is 11.5. The van der Waals surface area contributed by atoms with Crippen molar-refractivity contribution in [3.05, 3.63) is 18.2 Å². The van der Waals surface area contributed by atoms with Gasteiger partial charge in [-0.15, -0.1) is 0 Å². The maximum atomic E-state index is 12.6. The van der Waals surface area contributed by atoms with Gasteiger partial charge in [0.15, 0.2) is 0 Å². The molecule has 0 saturated carbocycles. The predicted molar refractivity (Wildman–Crippen MR) is 68.4 cm³/mol. The van der Waals surface area contributed by atoms with E-state index in [9.17, 15) is 8.78 Å². The molecule has 1 aromatic heterocycles. The van der Waals surface area contributed by atoms with Gasteiger partial charge in [0, 0.05) is 12.4 Å². The molecule has 5 heteroatoms. The minimum Gasteiger partial charge on any atom is -0.310 e. The Labute approximate surface area is 108 Å². The zero-order valence-corrected chi connectivity index (χ0v) is 11.5. The van der Waals surface area contributed by atoms with Gasteiger partial charge in [0.1, 0.15) is 5.82 Å². The van der Waals surface area contributed by atoms with Crippen molar-refractivity contribution in [3.63, 3.8) is 0 Å². The summed E-state index contributed by atoms with van der Waals surface area (Å²) < 4.78 is 26.1. The van der Waals surface area contributed by atoms with Crippen molar-refractivity contribution < 1.29 is 8.78 Å². The van der Waals surface area contributed by atoms with Gasteiger partial charge >= 0.3 is 6.55 Å². The van der Waals surface area contributed by atoms with Crippen LogP contribution in [-0.2, 0) is 6.54 Å². The third-order valence-electron chi connectivity index (χ3n) is 3.33. The molecule has 0 aliphatic carbocycles. The summed E-state index contributed by atoms with van der Waals surface area (Å²) in [6, 6.07) is 0. The number of alkyl halides is 2. The zero-order chi connectivity index (χ0) is 13.7. The van der Waals surface area contributed by atoms with E-state index < -0.39 is 6.55 Å². The summed E-state index contributed by atoms with van der Waals surface area (Å²) in [6.45, 7) is 7.44. The van der Waals surface area contributed by atoms with E-state index in [2.05, 4.69) is 38.0 Å². The number of aromatic nitrogens is 2.